The number of rotatable bonds is 7. The Kier molecular flexibility index (Phi) is 5.83. The van der Waals surface area contributed by atoms with E-state index in [0.717, 1.165) is 25.6 Å². The molecule has 0 bridgehead atoms. The fourth-order valence-electron chi connectivity index (χ4n) is 3.40. The molecule has 0 saturated carbocycles. The van der Waals surface area contributed by atoms with Gasteiger partial charge < -0.3 is 9.88 Å². The number of aromatic nitrogens is 2. The smallest absolute Gasteiger partial charge is 0.123 e. The van der Waals surface area contributed by atoms with Gasteiger partial charge in [-0.3, -0.25) is 4.90 Å². The van der Waals surface area contributed by atoms with Crippen LogP contribution in [0.3, 0.4) is 0 Å². The van der Waals surface area contributed by atoms with Crippen molar-refractivity contribution < 1.29 is 0 Å². The molecule has 1 aromatic heterocycles. The van der Waals surface area contributed by atoms with Gasteiger partial charge in [0.15, 0.2) is 0 Å². The molecule has 0 spiro atoms. The third-order valence-electron chi connectivity index (χ3n) is 4.87. The first kappa shape index (κ1) is 16.2. The Labute approximate surface area is 139 Å². The van der Waals surface area contributed by atoms with Crippen LogP contribution in [-0.4, -0.2) is 41.1 Å². The molecule has 0 unspecified atom stereocenters. The zero-order chi connectivity index (χ0) is 15.9. The van der Waals surface area contributed by atoms with Gasteiger partial charge in [0.1, 0.15) is 5.82 Å². The van der Waals surface area contributed by atoms with Crippen LogP contribution < -0.4 is 5.32 Å². The summed E-state index contributed by atoms with van der Waals surface area (Å²) in [5, 5.41) is 3.27. The minimum absolute atomic E-state index is 0.891. The molecule has 1 saturated heterocycles. The molecule has 1 aliphatic heterocycles. The van der Waals surface area contributed by atoms with Crippen LogP contribution in [0.5, 0.6) is 0 Å². The van der Waals surface area contributed by atoms with Crippen LogP contribution in [0, 0.1) is 5.92 Å². The van der Waals surface area contributed by atoms with E-state index in [0.29, 0.717) is 0 Å². The first-order chi connectivity index (χ1) is 11.3. The van der Waals surface area contributed by atoms with Gasteiger partial charge in [0.25, 0.3) is 0 Å². The van der Waals surface area contributed by atoms with Gasteiger partial charge in [-0.2, -0.15) is 0 Å². The van der Waals surface area contributed by atoms with Crippen molar-refractivity contribution in [1.29, 1.82) is 0 Å². The van der Waals surface area contributed by atoms with E-state index in [9.17, 15) is 0 Å². The number of hydrogen-bond acceptors (Lipinski definition) is 3. The number of piperidine rings is 1. The molecule has 4 nitrogen and oxygen atoms in total. The average molecular weight is 312 g/mol. The minimum Gasteiger partial charge on any atom is -0.329 e. The lowest BCUT2D eigenvalue weighted by molar-refractivity contribution is 0.167. The quantitative estimate of drug-likeness (QED) is 0.853. The highest BCUT2D eigenvalue weighted by Gasteiger charge is 2.20. The van der Waals surface area contributed by atoms with Gasteiger partial charge in [0, 0.05) is 18.9 Å². The summed E-state index contributed by atoms with van der Waals surface area (Å²) in [6.07, 6.45) is 7.98. The lowest BCUT2D eigenvalue weighted by atomic mass is 9.93. The lowest BCUT2D eigenvalue weighted by Gasteiger charge is -2.31. The van der Waals surface area contributed by atoms with E-state index in [1.165, 1.54) is 43.7 Å². The van der Waals surface area contributed by atoms with Gasteiger partial charge in [-0.05, 0) is 57.4 Å². The van der Waals surface area contributed by atoms with E-state index in [2.05, 4.69) is 56.3 Å². The molecule has 0 aliphatic carbocycles. The second-order valence-corrected chi connectivity index (χ2v) is 6.57. The maximum absolute atomic E-state index is 4.59. The predicted molar refractivity (Wildman–Crippen MR) is 94.3 cm³/mol. The Bertz CT molecular complexity index is 570. The summed E-state index contributed by atoms with van der Waals surface area (Å²) in [5.74, 6) is 2.07. The molecule has 2 heterocycles. The van der Waals surface area contributed by atoms with Crippen molar-refractivity contribution in [3.8, 4) is 0 Å². The molecule has 1 aliphatic rings. The van der Waals surface area contributed by atoms with Crippen LogP contribution in [0.15, 0.2) is 42.7 Å². The maximum Gasteiger partial charge on any atom is 0.123 e. The van der Waals surface area contributed by atoms with Crippen LogP contribution in [-0.2, 0) is 13.1 Å². The topological polar surface area (TPSA) is 33.1 Å². The lowest BCUT2D eigenvalue weighted by Crippen LogP contribution is -2.34. The molecule has 1 aromatic carbocycles. The SMILES string of the molecule is CNCCC1CCN(Cc2nccn2Cc2ccccc2)CC1. The highest BCUT2D eigenvalue weighted by molar-refractivity contribution is 5.15. The van der Waals surface area contributed by atoms with Gasteiger partial charge >= 0.3 is 0 Å². The Morgan fingerprint density at radius 3 is 2.65 bits per heavy atom. The van der Waals surface area contributed by atoms with Crippen LogP contribution >= 0.6 is 0 Å². The van der Waals surface area contributed by atoms with Gasteiger partial charge in [-0.25, -0.2) is 4.98 Å². The second kappa shape index (κ2) is 8.27. The van der Waals surface area contributed by atoms with Gasteiger partial charge in [-0.15, -0.1) is 0 Å². The Hall–Kier alpha value is -1.65. The zero-order valence-corrected chi connectivity index (χ0v) is 14.1. The number of hydrogen-bond donors (Lipinski definition) is 1. The molecule has 0 amide bonds. The summed E-state index contributed by atoms with van der Waals surface area (Å²) in [7, 11) is 2.04. The molecule has 0 radical (unpaired) electrons. The van der Waals surface area contributed by atoms with Crippen molar-refractivity contribution >= 4 is 0 Å². The average Bonchev–Trinajstić information content (AvgIpc) is 3.02. The third-order valence-corrected chi connectivity index (χ3v) is 4.87. The molecule has 4 heteroatoms. The van der Waals surface area contributed by atoms with Crippen molar-refractivity contribution in [1.82, 2.24) is 19.8 Å². The molecule has 1 N–H and O–H groups in total. The van der Waals surface area contributed by atoms with Crippen molar-refractivity contribution in [3.63, 3.8) is 0 Å². The monoisotopic (exact) mass is 312 g/mol. The van der Waals surface area contributed by atoms with Gasteiger partial charge in [0.05, 0.1) is 6.54 Å². The molecular weight excluding hydrogens is 284 g/mol. The first-order valence-electron chi connectivity index (χ1n) is 8.76. The summed E-state index contributed by atoms with van der Waals surface area (Å²) in [5.41, 5.74) is 1.33. The van der Waals surface area contributed by atoms with Crippen LogP contribution in [0.4, 0.5) is 0 Å². The zero-order valence-electron chi connectivity index (χ0n) is 14.1. The van der Waals surface area contributed by atoms with Crippen molar-refractivity contribution in [2.45, 2.75) is 32.4 Å². The summed E-state index contributed by atoms with van der Waals surface area (Å²) in [6, 6.07) is 10.6. The maximum atomic E-state index is 4.59. The normalized spacial score (nSPS) is 16.7. The fraction of sp³-hybridized carbons (Fsp3) is 0.526. The van der Waals surface area contributed by atoms with E-state index >= 15 is 0 Å². The number of imidazole rings is 1. The summed E-state index contributed by atoms with van der Waals surface area (Å²) >= 11 is 0. The van der Waals surface area contributed by atoms with E-state index in [-0.39, 0.29) is 0 Å². The van der Waals surface area contributed by atoms with E-state index < -0.39 is 0 Å². The van der Waals surface area contributed by atoms with Crippen molar-refractivity contribution in [3.05, 3.63) is 54.1 Å². The Balaban J connectivity index is 1.52. The second-order valence-electron chi connectivity index (χ2n) is 6.57. The number of nitrogens with zero attached hydrogens (tertiary/aromatic N) is 3. The molecular formula is C19H28N4. The number of likely N-dealkylation sites (tertiary alicyclic amines) is 1. The standard InChI is InChI=1S/C19H28N4/c1-20-10-7-17-8-12-22(13-9-17)16-19-21-11-14-23(19)15-18-5-3-2-4-6-18/h2-6,11,14,17,20H,7-10,12-13,15-16H2,1H3. The molecule has 0 atom stereocenters. The molecule has 124 valence electrons. The summed E-state index contributed by atoms with van der Waals surface area (Å²) in [6.45, 7) is 5.43. The fourth-order valence-corrected chi connectivity index (χ4v) is 3.40. The third kappa shape index (κ3) is 4.66. The molecule has 3 rings (SSSR count). The summed E-state index contributed by atoms with van der Waals surface area (Å²) < 4.78 is 2.28. The van der Waals surface area contributed by atoms with Crippen molar-refractivity contribution in [2.75, 3.05) is 26.7 Å². The van der Waals surface area contributed by atoms with Gasteiger partial charge in [-0.1, -0.05) is 30.3 Å². The van der Waals surface area contributed by atoms with E-state index in [1.54, 1.807) is 0 Å². The van der Waals surface area contributed by atoms with E-state index in [4.69, 9.17) is 0 Å². The predicted octanol–water partition coefficient (Wildman–Crippen LogP) is 2.75. The molecule has 1 fully saturated rings. The Morgan fingerprint density at radius 2 is 1.91 bits per heavy atom. The highest BCUT2D eigenvalue weighted by Crippen LogP contribution is 2.21. The van der Waals surface area contributed by atoms with Crippen LogP contribution in [0.2, 0.25) is 0 Å². The first-order valence-corrected chi connectivity index (χ1v) is 8.76. The van der Waals surface area contributed by atoms with Gasteiger partial charge in [0.2, 0.25) is 0 Å². The van der Waals surface area contributed by atoms with Crippen LogP contribution in [0.1, 0.15) is 30.7 Å². The number of nitrogens with one attached hydrogen (secondary N) is 1. The molecule has 23 heavy (non-hydrogen) atoms. The molecule has 2 aromatic rings. The Morgan fingerprint density at radius 1 is 1.13 bits per heavy atom. The summed E-state index contributed by atoms with van der Waals surface area (Å²) in [4.78, 5) is 7.14. The highest BCUT2D eigenvalue weighted by atomic mass is 15.2. The van der Waals surface area contributed by atoms with Crippen molar-refractivity contribution in [2.24, 2.45) is 5.92 Å². The number of benzene rings is 1. The largest absolute Gasteiger partial charge is 0.329 e. The van der Waals surface area contributed by atoms with E-state index in [1.807, 2.05) is 13.2 Å². The minimum atomic E-state index is 0.891. The van der Waals surface area contributed by atoms with Crippen LogP contribution in [0.25, 0.3) is 0 Å².